The van der Waals surface area contributed by atoms with E-state index in [2.05, 4.69) is 15.1 Å². The predicted octanol–water partition coefficient (Wildman–Crippen LogP) is 2.02. The number of benzene rings is 1. The Hall–Kier alpha value is -3.19. The van der Waals surface area contributed by atoms with E-state index in [1.54, 1.807) is 18.2 Å². The molecule has 13 heteroatoms. The lowest BCUT2D eigenvalue weighted by Gasteiger charge is -2.35. The normalized spacial score (nSPS) is 23.8. The van der Waals surface area contributed by atoms with Crippen LogP contribution in [0.3, 0.4) is 0 Å². The zero-order valence-corrected chi connectivity index (χ0v) is 21.4. The number of nitrogens with one attached hydrogen (secondary N) is 1. The number of amides is 3. The van der Waals surface area contributed by atoms with Crippen molar-refractivity contribution in [3.05, 3.63) is 29.3 Å². The van der Waals surface area contributed by atoms with Gasteiger partial charge in [0.1, 0.15) is 17.9 Å². The van der Waals surface area contributed by atoms with Crippen LogP contribution >= 0.6 is 0 Å². The van der Waals surface area contributed by atoms with Gasteiger partial charge in [-0.3, -0.25) is 14.4 Å². The van der Waals surface area contributed by atoms with Gasteiger partial charge < -0.3 is 24.7 Å². The fourth-order valence-electron chi connectivity index (χ4n) is 5.77. The lowest BCUT2D eigenvalue weighted by molar-refractivity contribution is -0.238. The maximum Gasteiger partial charge on any atom is 0.493 e. The molecular weight excluding hydrogens is 521 g/mol. The third kappa shape index (κ3) is 5.88. The molecule has 0 aliphatic carbocycles. The molecule has 0 saturated carbocycles. The highest BCUT2D eigenvalue weighted by molar-refractivity contribution is 6.05. The molecule has 1 aromatic rings. The number of alkyl halides is 3. The molecule has 4 aliphatic heterocycles. The zero-order chi connectivity index (χ0) is 27.7. The second-order valence-electron chi connectivity index (χ2n) is 10.5. The minimum atomic E-state index is -5.39. The van der Waals surface area contributed by atoms with Gasteiger partial charge in [-0.05, 0) is 63.2 Å². The lowest BCUT2D eigenvalue weighted by Crippen LogP contribution is -2.55. The first-order valence-corrected chi connectivity index (χ1v) is 13.3. The Morgan fingerprint density at radius 1 is 1.03 bits per heavy atom. The number of nitrogens with zero attached hydrogens (tertiary/aromatic N) is 3. The number of rotatable bonds is 6. The maximum atomic E-state index is 13.2. The van der Waals surface area contributed by atoms with Gasteiger partial charge in [0.2, 0.25) is 0 Å². The molecular formula is C26H31F3N4O6. The van der Waals surface area contributed by atoms with E-state index in [4.69, 9.17) is 4.74 Å². The highest BCUT2D eigenvalue weighted by Crippen LogP contribution is 2.36. The van der Waals surface area contributed by atoms with Gasteiger partial charge in [-0.1, -0.05) is 6.07 Å². The van der Waals surface area contributed by atoms with Gasteiger partial charge in [0.05, 0.1) is 6.54 Å². The standard InChI is InChI=1S/C26H31F3N4O6/c27-26(28,29)25(37)39-33-22(34)5-4-20(24(33)36)32-15-19-18(23(32)35)2-1-3-21(19)38-17-8-12-31(13-9-17)14-16-6-10-30-11-7-16/h1-3,16-17,20,30H,4-15H2. The molecule has 1 aromatic carbocycles. The molecule has 39 heavy (non-hydrogen) atoms. The van der Waals surface area contributed by atoms with Crippen LogP contribution in [0.2, 0.25) is 0 Å². The third-order valence-corrected chi connectivity index (χ3v) is 7.88. The highest BCUT2D eigenvalue weighted by Gasteiger charge is 2.49. The molecule has 10 nitrogen and oxygen atoms in total. The number of piperidine rings is 3. The van der Waals surface area contributed by atoms with Gasteiger partial charge in [0.25, 0.3) is 17.7 Å². The molecule has 0 spiro atoms. The molecule has 3 fully saturated rings. The summed E-state index contributed by atoms with van der Waals surface area (Å²) in [6, 6.07) is 3.80. The van der Waals surface area contributed by atoms with Crippen LogP contribution in [0.5, 0.6) is 5.75 Å². The van der Waals surface area contributed by atoms with Crippen molar-refractivity contribution < 1.29 is 41.9 Å². The zero-order valence-electron chi connectivity index (χ0n) is 21.4. The minimum absolute atomic E-state index is 0.00937. The first-order chi connectivity index (χ1) is 18.6. The Morgan fingerprint density at radius 2 is 1.74 bits per heavy atom. The molecule has 0 aromatic heterocycles. The summed E-state index contributed by atoms with van der Waals surface area (Å²) in [5, 5.41) is 3.22. The van der Waals surface area contributed by atoms with E-state index in [1.807, 2.05) is 0 Å². The van der Waals surface area contributed by atoms with Crippen LogP contribution in [0.15, 0.2) is 18.2 Å². The number of likely N-dealkylation sites (tertiary alicyclic amines) is 1. The molecule has 1 atom stereocenters. The average molecular weight is 553 g/mol. The number of ether oxygens (including phenoxy) is 1. The summed E-state index contributed by atoms with van der Waals surface area (Å²) in [6.45, 7) is 5.06. The fourth-order valence-corrected chi connectivity index (χ4v) is 5.77. The summed E-state index contributed by atoms with van der Waals surface area (Å²) in [4.78, 5) is 57.1. The molecule has 3 amide bonds. The summed E-state index contributed by atoms with van der Waals surface area (Å²) in [5.74, 6) is -4.20. The Morgan fingerprint density at radius 3 is 2.44 bits per heavy atom. The van der Waals surface area contributed by atoms with Crippen molar-refractivity contribution in [3.8, 4) is 5.75 Å². The number of fused-ring (bicyclic) bond motifs is 1. The van der Waals surface area contributed by atoms with Crippen molar-refractivity contribution in [3.63, 3.8) is 0 Å². The average Bonchev–Trinajstić information content (AvgIpc) is 3.24. The molecule has 1 N–H and O–H groups in total. The van der Waals surface area contributed by atoms with Crippen molar-refractivity contribution in [1.29, 1.82) is 0 Å². The van der Waals surface area contributed by atoms with Crippen LogP contribution in [-0.4, -0.2) is 89.6 Å². The van der Waals surface area contributed by atoms with Crippen molar-refractivity contribution in [1.82, 2.24) is 20.2 Å². The monoisotopic (exact) mass is 552 g/mol. The molecule has 4 aliphatic rings. The summed E-state index contributed by atoms with van der Waals surface area (Å²) >= 11 is 0. The maximum absolute atomic E-state index is 13.2. The van der Waals surface area contributed by atoms with E-state index in [-0.39, 0.29) is 30.6 Å². The summed E-state index contributed by atoms with van der Waals surface area (Å²) in [7, 11) is 0. The summed E-state index contributed by atoms with van der Waals surface area (Å²) in [5.41, 5.74) is 0.919. The highest BCUT2D eigenvalue weighted by atomic mass is 19.4. The Kier molecular flexibility index (Phi) is 7.81. The van der Waals surface area contributed by atoms with Crippen LogP contribution < -0.4 is 10.1 Å². The number of hydrogen-bond acceptors (Lipinski definition) is 8. The second kappa shape index (κ2) is 11.1. The Labute approximate surface area is 223 Å². The molecule has 4 heterocycles. The van der Waals surface area contributed by atoms with Crippen LogP contribution in [-0.2, 0) is 25.8 Å². The number of halogens is 3. The van der Waals surface area contributed by atoms with Crippen LogP contribution in [0.1, 0.15) is 54.4 Å². The molecule has 0 bridgehead atoms. The largest absolute Gasteiger partial charge is 0.493 e. The number of hydroxylamine groups is 2. The van der Waals surface area contributed by atoms with E-state index in [0.717, 1.165) is 45.6 Å². The van der Waals surface area contributed by atoms with Crippen LogP contribution in [0.25, 0.3) is 0 Å². The van der Waals surface area contributed by atoms with Crippen molar-refractivity contribution >= 4 is 23.7 Å². The van der Waals surface area contributed by atoms with Gasteiger partial charge in [0.15, 0.2) is 0 Å². The Balaban J connectivity index is 1.22. The number of hydrogen-bond donors (Lipinski definition) is 1. The van der Waals surface area contributed by atoms with Gasteiger partial charge >= 0.3 is 12.1 Å². The van der Waals surface area contributed by atoms with E-state index in [0.29, 0.717) is 22.8 Å². The number of carbonyl (C=O) groups excluding carboxylic acids is 4. The van der Waals surface area contributed by atoms with E-state index < -0.39 is 35.9 Å². The molecule has 1 unspecified atom stereocenters. The minimum Gasteiger partial charge on any atom is -0.490 e. The number of carbonyl (C=O) groups is 4. The summed E-state index contributed by atoms with van der Waals surface area (Å²) < 4.78 is 44.3. The predicted molar refractivity (Wildman–Crippen MR) is 129 cm³/mol. The fraction of sp³-hybridized carbons (Fsp3) is 0.615. The topological polar surface area (TPSA) is 108 Å². The Bertz CT molecular complexity index is 1130. The molecule has 3 saturated heterocycles. The quantitative estimate of drug-likeness (QED) is 0.535. The second-order valence-corrected chi connectivity index (χ2v) is 10.5. The van der Waals surface area contributed by atoms with Gasteiger partial charge in [-0.25, -0.2) is 4.79 Å². The van der Waals surface area contributed by atoms with Crippen molar-refractivity contribution in [2.45, 2.75) is 63.4 Å². The first kappa shape index (κ1) is 27.4. The van der Waals surface area contributed by atoms with Crippen molar-refractivity contribution in [2.75, 3.05) is 32.7 Å². The molecule has 5 rings (SSSR count). The SMILES string of the molecule is O=C1CCC(N2Cc3c(OC4CCN(CC5CCNCC5)CC4)cccc3C2=O)C(=O)N1OC(=O)C(F)(F)F. The van der Waals surface area contributed by atoms with Gasteiger partial charge in [-0.2, -0.15) is 13.2 Å². The third-order valence-electron chi connectivity index (χ3n) is 7.88. The van der Waals surface area contributed by atoms with Crippen LogP contribution in [0.4, 0.5) is 13.2 Å². The smallest absolute Gasteiger partial charge is 0.490 e. The molecule has 0 radical (unpaired) electrons. The lowest BCUT2D eigenvalue weighted by atomic mass is 9.96. The van der Waals surface area contributed by atoms with E-state index in [9.17, 15) is 32.3 Å². The van der Waals surface area contributed by atoms with Crippen LogP contribution in [0, 0.1) is 5.92 Å². The summed E-state index contributed by atoms with van der Waals surface area (Å²) in [6.07, 6.45) is -1.80. The van der Waals surface area contributed by atoms with Gasteiger partial charge in [-0.15, -0.1) is 5.06 Å². The number of imide groups is 1. The molecule has 212 valence electrons. The van der Waals surface area contributed by atoms with E-state index in [1.165, 1.54) is 17.7 Å². The van der Waals surface area contributed by atoms with Gasteiger partial charge in [0, 0.05) is 37.2 Å². The van der Waals surface area contributed by atoms with E-state index >= 15 is 0 Å². The van der Waals surface area contributed by atoms with Crippen molar-refractivity contribution in [2.24, 2.45) is 5.92 Å². The first-order valence-electron chi connectivity index (χ1n) is 13.3.